The molecule has 0 bridgehead atoms. The fourth-order valence-electron chi connectivity index (χ4n) is 2.55. The van der Waals surface area contributed by atoms with E-state index in [2.05, 4.69) is 5.32 Å². The Morgan fingerprint density at radius 2 is 1.81 bits per heavy atom. The van der Waals surface area contributed by atoms with Gasteiger partial charge in [-0.3, -0.25) is 9.59 Å². The van der Waals surface area contributed by atoms with Crippen LogP contribution in [0.3, 0.4) is 0 Å². The molecule has 1 aliphatic heterocycles. The van der Waals surface area contributed by atoms with Crippen molar-refractivity contribution >= 4 is 46.4 Å². The second-order valence-corrected chi connectivity index (χ2v) is 6.41. The molecule has 3 rings (SSSR count). The van der Waals surface area contributed by atoms with Gasteiger partial charge in [0, 0.05) is 5.02 Å². The summed E-state index contributed by atoms with van der Waals surface area (Å²) in [5.41, 5.74) is 1.16. The third kappa shape index (κ3) is 3.09. The zero-order chi connectivity index (χ0) is 19.0. The number of phenols is 1. The molecule has 2 N–H and O–H groups in total. The third-order valence-corrected chi connectivity index (χ3v) is 4.41. The number of anilines is 2. The minimum atomic E-state index is -0.716. The normalized spacial score (nSPS) is 14.2. The molecule has 0 spiro atoms. The second kappa shape index (κ2) is 6.90. The van der Waals surface area contributed by atoms with E-state index in [-0.39, 0.29) is 27.9 Å². The summed E-state index contributed by atoms with van der Waals surface area (Å²) in [5.74, 6) is -1.18. The number of benzene rings is 2. The molecule has 0 unspecified atom stereocenters. The van der Waals surface area contributed by atoms with Crippen molar-refractivity contribution in [2.24, 2.45) is 0 Å². The van der Waals surface area contributed by atoms with Gasteiger partial charge in [0.05, 0.1) is 18.5 Å². The molecule has 1 aliphatic rings. The maximum absolute atomic E-state index is 12.8. The number of carbonyl (C=O) groups is 2. The van der Waals surface area contributed by atoms with Gasteiger partial charge in [-0.15, -0.1) is 0 Å². The topological polar surface area (TPSA) is 78.9 Å². The molecule has 2 aromatic rings. The quantitative estimate of drug-likeness (QED) is 0.610. The molecule has 0 aliphatic carbocycles. The number of phenolic OH excluding ortho intramolecular Hbond substituents is 1. The van der Waals surface area contributed by atoms with Crippen molar-refractivity contribution in [1.82, 2.24) is 0 Å². The standard InChI is InChI=1S/C18H14Cl2N2O4/c1-9-3-5-13(23)11(7-9)21-16-15(20)17(24)22(18(16)25)12-8-10(19)4-6-14(12)26-2/h3-8,21,23H,1-2H3. The Kier molecular flexibility index (Phi) is 4.80. The van der Waals surface area contributed by atoms with Gasteiger partial charge in [-0.2, -0.15) is 0 Å². The summed E-state index contributed by atoms with van der Waals surface area (Å²) in [5, 5.41) is 12.7. The van der Waals surface area contributed by atoms with Gasteiger partial charge >= 0.3 is 0 Å². The van der Waals surface area contributed by atoms with Crippen LogP contribution in [-0.2, 0) is 9.59 Å². The Balaban J connectivity index is 2.01. The first-order valence-electron chi connectivity index (χ1n) is 7.52. The monoisotopic (exact) mass is 392 g/mol. The van der Waals surface area contributed by atoms with Crippen LogP contribution in [0.4, 0.5) is 11.4 Å². The number of methoxy groups -OCH3 is 1. The molecule has 26 heavy (non-hydrogen) atoms. The van der Waals surface area contributed by atoms with Crippen LogP contribution in [-0.4, -0.2) is 24.0 Å². The van der Waals surface area contributed by atoms with Gasteiger partial charge in [0.2, 0.25) is 0 Å². The van der Waals surface area contributed by atoms with Crippen molar-refractivity contribution in [3.8, 4) is 11.5 Å². The highest BCUT2D eigenvalue weighted by atomic mass is 35.5. The molecule has 0 saturated heterocycles. The predicted molar refractivity (Wildman–Crippen MR) is 99.8 cm³/mol. The summed E-state index contributed by atoms with van der Waals surface area (Å²) in [6, 6.07) is 9.38. The number of rotatable bonds is 4. The van der Waals surface area contributed by atoms with E-state index in [4.69, 9.17) is 27.9 Å². The van der Waals surface area contributed by atoms with Crippen LogP contribution in [0.1, 0.15) is 5.56 Å². The zero-order valence-corrected chi connectivity index (χ0v) is 15.4. The van der Waals surface area contributed by atoms with Crippen LogP contribution in [0.2, 0.25) is 5.02 Å². The highest BCUT2D eigenvalue weighted by molar-refractivity contribution is 6.53. The number of amides is 2. The molecular formula is C18H14Cl2N2O4. The molecule has 0 atom stereocenters. The molecule has 2 aromatic carbocycles. The van der Waals surface area contributed by atoms with Crippen molar-refractivity contribution in [2.45, 2.75) is 6.92 Å². The fourth-order valence-corrected chi connectivity index (χ4v) is 2.93. The van der Waals surface area contributed by atoms with E-state index >= 15 is 0 Å². The Morgan fingerprint density at radius 1 is 1.08 bits per heavy atom. The molecule has 2 amide bonds. The number of halogens is 2. The number of hydrogen-bond donors (Lipinski definition) is 2. The van der Waals surface area contributed by atoms with Crippen LogP contribution in [0, 0.1) is 6.92 Å². The summed E-state index contributed by atoms with van der Waals surface area (Å²) in [7, 11) is 1.41. The predicted octanol–water partition coefficient (Wildman–Crippen LogP) is 3.80. The first kappa shape index (κ1) is 18.1. The van der Waals surface area contributed by atoms with Gasteiger partial charge in [-0.1, -0.05) is 29.3 Å². The van der Waals surface area contributed by atoms with Gasteiger partial charge in [0.25, 0.3) is 11.8 Å². The minimum Gasteiger partial charge on any atom is -0.506 e. The van der Waals surface area contributed by atoms with Crippen LogP contribution in [0.5, 0.6) is 11.5 Å². The third-order valence-electron chi connectivity index (χ3n) is 3.82. The number of aromatic hydroxyl groups is 1. The van der Waals surface area contributed by atoms with Crippen molar-refractivity contribution in [3.63, 3.8) is 0 Å². The number of nitrogens with zero attached hydrogens (tertiary/aromatic N) is 1. The molecular weight excluding hydrogens is 379 g/mol. The largest absolute Gasteiger partial charge is 0.506 e. The zero-order valence-electron chi connectivity index (χ0n) is 13.8. The first-order valence-corrected chi connectivity index (χ1v) is 8.28. The van der Waals surface area contributed by atoms with Crippen molar-refractivity contribution in [2.75, 3.05) is 17.3 Å². The molecule has 0 fully saturated rings. The Labute approximate surface area is 159 Å². The number of ether oxygens (including phenoxy) is 1. The lowest BCUT2D eigenvalue weighted by molar-refractivity contribution is -0.120. The molecule has 0 saturated carbocycles. The fraction of sp³-hybridized carbons (Fsp3) is 0.111. The minimum absolute atomic E-state index is 0.0772. The Hall–Kier alpha value is -2.70. The van der Waals surface area contributed by atoms with Gasteiger partial charge < -0.3 is 15.2 Å². The van der Waals surface area contributed by atoms with Gasteiger partial charge in [0.1, 0.15) is 22.2 Å². The molecule has 6 nitrogen and oxygen atoms in total. The summed E-state index contributed by atoms with van der Waals surface area (Å²) in [4.78, 5) is 26.3. The number of nitrogens with one attached hydrogen (secondary N) is 1. The molecule has 0 radical (unpaired) electrons. The van der Waals surface area contributed by atoms with Crippen LogP contribution < -0.4 is 15.0 Å². The number of carbonyl (C=O) groups excluding carboxylic acids is 2. The summed E-state index contributed by atoms with van der Waals surface area (Å²) >= 11 is 12.1. The van der Waals surface area contributed by atoms with Crippen molar-refractivity contribution in [1.29, 1.82) is 0 Å². The van der Waals surface area contributed by atoms with E-state index in [1.165, 1.54) is 19.2 Å². The molecule has 1 heterocycles. The highest BCUT2D eigenvalue weighted by Gasteiger charge is 2.40. The Morgan fingerprint density at radius 3 is 2.50 bits per heavy atom. The maximum Gasteiger partial charge on any atom is 0.283 e. The van der Waals surface area contributed by atoms with Crippen LogP contribution in [0.25, 0.3) is 0 Å². The van der Waals surface area contributed by atoms with Crippen molar-refractivity contribution in [3.05, 3.63) is 57.7 Å². The number of hydrogen-bond acceptors (Lipinski definition) is 5. The Bertz CT molecular complexity index is 956. The van der Waals surface area contributed by atoms with Gasteiger partial charge in [-0.25, -0.2) is 4.90 Å². The lowest BCUT2D eigenvalue weighted by Crippen LogP contribution is -2.32. The van der Waals surface area contributed by atoms with Crippen LogP contribution in [0.15, 0.2) is 47.1 Å². The smallest absolute Gasteiger partial charge is 0.283 e. The molecule has 0 aromatic heterocycles. The van der Waals surface area contributed by atoms with Crippen molar-refractivity contribution < 1.29 is 19.4 Å². The SMILES string of the molecule is COc1ccc(Cl)cc1N1C(=O)C(Cl)=C(Nc2cc(C)ccc2O)C1=O. The van der Waals surface area contributed by atoms with Gasteiger partial charge in [-0.05, 0) is 42.8 Å². The van der Waals surface area contributed by atoms with Gasteiger partial charge in [0.15, 0.2) is 0 Å². The number of imide groups is 1. The summed E-state index contributed by atoms with van der Waals surface area (Å²) in [6.07, 6.45) is 0. The van der Waals surface area contributed by atoms with E-state index in [9.17, 15) is 14.7 Å². The second-order valence-electron chi connectivity index (χ2n) is 5.60. The maximum atomic E-state index is 12.8. The van der Waals surface area contributed by atoms with E-state index in [1.807, 2.05) is 6.92 Å². The lowest BCUT2D eigenvalue weighted by atomic mass is 10.2. The molecule has 134 valence electrons. The van der Waals surface area contributed by atoms with Crippen LogP contribution >= 0.6 is 23.2 Å². The average Bonchev–Trinajstić information content (AvgIpc) is 2.81. The van der Waals surface area contributed by atoms with E-state index < -0.39 is 11.8 Å². The molecule has 8 heteroatoms. The summed E-state index contributed by atoms with van der Waals surface area (Å²) < 4.78 is 5.21. The number of aryl methyl sites for hydroxylation is 1. The first-order chi connectivity index (χ1) is 12.3. The van der Waals surface area contributed by atoms with E-state index in [1.54, 1.807) is 24.3 Å². The lowest BCUT2D eigenvalue weighted by Gasteiger charge is -2.18. The van der Waals surface area contributed by atoms with E-state index in [0.717, 1.165) is 10.5 Å². The van der Waals surface area contributed by atoms with E-state index in [0.29, 0.717) is 10.8 Å². The summed E-state index contributed by atoms with van der Waals surface area (Å²) in [6.45, 7) is 1.82. The highest BCUT2D eigenvalue weighted by Crippen LogP contribution is 2.38. The average molecular weight is 393 g/mol.